The van der Waals surface area contributed by atoms with Gasteiger partial charge in [-0.05, 0) is 96.7 Å². The molecule has 13 rings (SSSR count). The first-order chi connectivity index (χ1) is 28.8. The summed E-state index contributed by atoms with van der Waals surface area (Å²) < 4.78 is 2.64. The van der Waals surface area contributed by atoms with Crippen LogP contribution in [0, 0.1) is 0 Å². The van der Waals surface area contributed by atoms with Crippen LogP contribution in [0.1, 0.15) is 22.3 Å². The smallest absolute Gasteiger partial charge is 0.0735 e. The normalized spacial score (nSPS) is 15.2. The Balaban J connectivity index is 1.08. The van der Waals surface area contributed by atoms with Crippen LogP contribution in [0.5, 0.6) is 0 Å². The van der Waals surface area contributed by atoms with E-state index in [2.05, 4.69) is 205 Å². The van der Waals surface area contributed by atoms with Crippen LogP contribution in [0.25, 0.3) is 63.6 Å². The maximum absolute atomic E-state index is 2.49. The Hall–Kier alpha value is -6.65. The maximum atomic E-state index is 2.49. The van der Waals surface area contributed by atoms with Crippen LogP contribution in [-0.4, -0.2) is 0 Å². The predicted molar refractivity (Wildman–Crippen MR) is 248 cm³/mol. The van der Waals surface area contributed by atoms with E-state index in [4.69, 9.17) is 0 Å². The Bertz CT molecular complexity index is 3510. The van der Waals surface area contributed by atoms with Crippen molar-refractivity contribution in [2.45, 2.75) is 15.2 Å². The van der Waals surface area contributed by atoms with Gasteiger partial charge in [-0.25, -0.2) is 0 Å². The van der Waals surface area contributed by atoms with Crippen molar-refractivity contribution >= 4 is 92.7 Å². The Labute approximate surface area is 344 Å². The zero-order valence-electron chi connectivity index (χ0n) is 31.3. The highest BCUT2D eigenvalue weighted by Gasteiger charge is 2.48. The molecule has 0 amide bonds. The molecule has 1 nitrogen and oxygen atoms in total. The first-order valence-corrected chi connectivity index (χ1v) is 21.5. The fraction of sp³-hybridized carbons (Fsp3) is 0.0182. The van der Waals surface area contributed by atoms with Gasteiger partial charge in [-0.15, -0.1) is 11.3 Å². The summed E-state index contributed by atoms with van der Waals surface area (Å²) in [5.74, 6) is 0. The Morgan fingerprint density at radius 2 is 1.00 bits per heavy atom. The molecule has 10 aromatic carbocycles. The minimum Gasteiger partial charge on any atom is -0.310 e. The highest BCUT2D eigenvalue weighted by atomic mass is 32.2. The number of nitrogens with zero attached hydrogens (tertiary/aromatic N) is 1. The van der Waals surface area contributed by atoms with Crippen LogP contribution < -0.4 is 4.90 Å². The molecule has 0 N–H and O–H groups in total. The van der Waals surface area contributed by atoms with Gasteiger partial charge in [0.2, 0.25) is 0 Å². The van der Waals surface area contributed by atoms with Crippen molar-refractivity contribution in [1.82, 2.24) is 0 Å². The lowest BCUT2D eigenvalue weighted by Crippen LogP contribution is -2.36. The molecular weight excluding hydrogens is 739 g/mol. The fourth-order valence-electron chi connectivity index (χ4n) is 10.3. The van der Waals surface area contributed by atoms with Crippen molar-refractivity contribution in [3.05, 3.63) is 222 Å². The average Bonchev–Trinajstić information content (AvgIpc) is 3.66. The predicted octanol–water partition coefficient (Wildman–Crippen LogP) is 15.8. The zero-order chi connectivity index (χ0) is 38.0. The third kappa shape index (κ3) is 4.38. The lowest BCUT2D eigenvalue weighted by molar-refractivity contribution is 0.707. The Kier molecular flexibility index (Phi) is 6.81. The van der Waals surface area contributed by atoms with Gasteiger partial charge in [0.1, 0.15) is 0 Å². The van der Waals surface area contributed by atoms with E-state index < -0.39 is 5.41 Å². The van der Waals surface area contributed by atoms with Crippen molar-refractivity contribution < 1.29 is 0 Å². The molecular formula is C55H33NS2. The molecule has 1 unspecified atom stereocenters. The monoisotopic (exact) mass is 771 g/mol. The van der Waals surface area contributed by atoms with Crippen molar-refractivity contribution in [3.63, 3.8) is 0 Å². The summed E-state index contributed by atoms with van der Waals surface area (Å²) in [7, 11) is 0. The molecule has 58 heavy (non-hydrogen) atoms. The molecule has 2 heterocycles. The van der Waals surface area contributed by atoms with Gasteiger partial charge < -0.3 is 4.90 Å². The van der Waals surface area contributed by atoms with Crippen molar-refractivity contribution in [2.75, 3.05) is 4.90 Å². The van der Waals surface area contributed by atoms with E-state index in [0.717, 1.165) is 11.4 Å². The van der Waals surface area contributed by atoms with E-state index in [9.17, 15) is 0 Å². The highest BCUT2D eigenvalue weighted by Crippen LogP contribution is 2.62. The van der Waals surface area contributed by atoms with E-state index in [0.29, 0.717) is 0 Å². The largest absolute Gasteiger partial charge is 0.310 e. The summed E-state index contributed by atoms with van der Waals surface area (Å²) in [6.45, 7) is 0. The second-order valence-electron chi connectivity index (χ2n) is 15.6. The number of thiophene rings is 1. The van der Waals surface area contributed by atoms with Gasteiger partial charge >= 0.3 is 0 Å². The molecule has 0 saturated carbocycles. The number of rotatable bonds is 3. The van der Waals surface area contributed by atoms with E-state index >= 15 is 0 Å². The number of anilines is 3. The molecule has 2 aliphatic rings. The summed E-state index contributed by atoms with van der Waals surface area (Å²) in [6, 6.07) is 75.1. The molecule has 11 aromatic rings. The van der Waals surface area contributed by atoms with Gasteiger partial charge in [0, 0.05) is 46.7 Å². The van der Waals surface area contributed by atoms with Crippen LogP contribution in [0.3, 0.4) is 0 Å². The molecule has 0 radical (unpaired) electrons. The van der Waals surface area contributed by atoms with Gasteiger partial charge in [-0.2, -0.15) is 0 Å². The summed E-state index contributed by atoms with van der Waals surface area (Å²) in [5, 5.41) is 10.3. The number of hydrogen-bond acceptors (Lipinski definition) is 3. The van der Waals surface area contributed by atoms with Crippen molar-refractivity contribution in [3.8, 4) is 11.1 Å². The van der Waals surface area contributed by atoms with Crippen molar-refractivity contribution in [1.29, 1.82) is 0 Å². The molecule has 3 heteroatoms. The topological polar surface area (TPSA) is 3.24 Å². The molecule has 1 aliphatic carbocycles. The Morgan fingerprint density at radius 3 is 1.91 bits per heavy atom. The molecule has 0 bridgehead atoms. The van der Waals surface area contributed by atoms with Gasteiger partial charge in [-0.1, -0.05) is 176 Å². The van der Waals surface area contributed by atoms with E-state index in [1.807, 2.05) is 23.1 Å². The minimum atomic E-state index is -0.483. The van der Waals surface area contributed by atoms with Crippen LogP contribution >= 0.6 is 23.1 Å². The van der Waals surface area contributed by atoms with Crippen LogP contribution in [0.15, 0.2) is 210 Å². The van der Waals surface area contributed by atoms with E-state index in [1.54, 1.807) is 0 Å². The zero-order valence-corrected chi connectivity index (χ0v) is 32.9. The van der Waals surface area contributed by atoms with Crippen molar-refractivity contribution in [2.24, 2.45) is 0 Å². The standard InChI is InChI=1S/C55H33NS2/c1-3-17-39-34(12-1)14-11-24-49(39)56(37-27-30-42-44-29-26-35-13-2-4-18-40(35)54(44)58-51(42)32-37)38-28-31-47-52(33-38)57-50-25-8-7-22-46(50)55(47)45-21-6-5-19-41(45)43-20-9-15-36-16-10-23-48(55)53(36)43/h1-33H. The second-order valence-corrected chi connectivity index (χ2v) is 17.7. The molecule has 1 atom stereocenters. The van der Waals surface area contributed by atoms with Crippen LogP contribution in [0.4, 0.5) is 17.1 Å². The first kappa shape index (κ1) is 32.4. The quantitative estimate of drug-likeness (QED) is 0.176. The third-order valence-electron chi connectivity index (χ3n) is 12.7. The lowest BCUT2D eigenvalue weighted by Gasteiger charge is -2.46. The molecule has 1 spiro atoms. The minimum absolute atomic E-state index is 0.483. The number of benzene rings is 10. The lowest BCUT2D eigenvalue weighted by atomic mass is 9.59. The fourth-order valence-corrected chi connectivity index (χ4v) is 12.8. The van der Waals surface area contributed by atoms with Crippen LogP contribution in [-0.2, 0) is 5.41 Å². The molecule has 0 saturated heterocycles. The van der Waals surface area contributed by atoms with Crippen LogP contribution in [0.2, 0.25) is 0 Å². The van der Waals surface area contributed by atoms with Gasteiger partial charge in [0.15, 0.2) is 0 Å². The number of hydrogen-bond donors (Lipinski definition) is 0. The SMILES string of the molecule is c1ccc2c(c1)Sc1cc(N(c3ccc4c(c3)sc3c5ccccc5ccc43)c3cccc4ccccc34)ccc1C21c2ccccc2-c2cccc3cccc1c23. The molecule has 0 fully saturated rings. The summed E-state index contributed by atoms with van der Waals surface area (Å²) in [4.78, 5) is 5.07. The highest BCUT2D eigenvalue weighted by molar-refractivity contribution is 7.99. The first-order valence-electron chi connectivity index (χ1n) is 19.9. The summed E-state index contributed by atoms with van der Waals surface area (Å²) in [6.07, 6.45) is 0. The van der Waals surface area contributed by atoms with E-state index in [1.165, 1.54) is 101 Å². The third-order valence-corrected chi connectivity index (χ3v) is 15.0. The van der Waals surface area contributed by atoms with Gasteiger partial charge in [0.25, 0.3) is 0 Å². The van der Waals surface area contributed by atoms with E-state index in [-0.39, 0.29) is 0 Å². The molecule has 1 aliphatic heterocycles. The Morgan fingerprint density at radius 1 is 0.379 bits per heavy atom. The molecule has 1 aromatic heterocycles. The van der Waals surface area contributed by atoms with Gasteiger partial charge in [-0.3, -0.25) is 0 Å². The maximum Gasteiger partial charge on any atom is 0.0735 e. The molecule has 270 valence electrons. The summed E-state index contributed by atoms with van der Waals surface area (Å²) >= 11 is 3.80. The van der Waals surface area contributed by atoms with Gasteiger partial charge in [0.05, 0.1) is 11.1 Å². The second kappa shape index (κ2) is 12.2. The average molecular weight is 772 g/mol. The number of fused-ring (bicyclic) bond motifs is 14. The summed E-state index contributed by atoms with van der Waals surface area (Å²) in [5.41, 5.74) is 11.0.